The molecule has 1 fully saturated rings. The van der Waals surface area contributed by atoms with Crippen molar-refractivity contribution in [2.45, 2.75) is 31.2 Å². The summed E-state index contributed by atoms with van der Waals surface area (Å²) in [5.74, 6) is 0. The molecule has 1 aliphatic heterocycles. The number of aryl methyl sites for hydroxylation is 2. The summed E-state index contributed by atoms with van der Waals surface area (Å²) in [7, 11) is 2.06. The Hall–Kier alpha value is -1.39. The van der Waals surface area contributed by atoms with Gasteiger partial charge in [0.05, 0.1) is 6.54 Å². The predicted molar refractivity (Wildman–Crippen MR) is 106 cm³/mol. The summed E-state index contributed by atoms with van der Waals surface area (Å²) in [6, 6.07) is 15.6. The first-order chi connectivity index (χ1) is 11.6. The van der Waals surface area contributed by atoms with Crippen LogP contribution >= 0.6 is 28.1 Å². The molecule has 2 aliphatic rings. The van der Waals surface area contributed by atoms with E-state index in [4.69, 9.17) is 12.2 Å². The average molecular weight is 401 g/mol. The molecule has 0 radical (unpaired) electrons. The van der Waals surface area contributed by atoms with Gasteiger partial charge in [0.1, 0.15) is 5.54 Å². The quantitative estimate of drug-likeness (QED) is 0.752. The fourth-order valence-electron chi connectivity index (χ4n) is 3.99. The highest BCUT2D eigenvalue weighted by atomic mass is 79.9. The molecule has 1 aliphatic carbocycles. The minimum atomic E-state index is -0.276. The summed E-state index contributed by atoms with van der Waals surface area (Å²) in [5.41, 5.74) is 5.31. The zero-order valence-electron chi connectivity index (χ0n) is 13.8. The van der Waals surface area contributed by atoms with Gasteiger partial charge in [-0.25, -0.2) is 0 Å². The maximum Gasteiger partial charge on any atom is 0.169 e. The van der Waals surface area contributed by atoms with E-state index in [9.17, 15) is 0 Å². The molecule has 24 heavy (non-hydrogen) atoms. The minimum Gasteiger partial charge on any atom is -0.349 e. The monoisotopic (exact) mass is 400 g/mol. The molecule has 1 saturated heterocycles. The lowest BCUT2D eigenvalue weighted by atomic mass is 9.80. The second-order valence-electron chi connectivity index (χ2n) is 6.89. The van der Waals surface area contributed by atoms with E-state index in [0.29, 0.717) is 0 Å². The lowest BCUT2D eigenvalue weighted by molar-refractivity contribution is 0.432. The molecule has 4 heteroatoms. The predicted octanol–water partition coefficient (Wildman–Crippen LogP) is 4.39. The molecule has 2 nitrogen and oxygen atoms in total. The van der Waals surface area contributed by atoms with Crippen LogP contribution in [0.4, 0.5) is 0 Å². The zero-order valence-corrected chi connectivity index (χ0v) is 16.2. The zero-order chi connectivity index (χ0) is 16.7. The lowest BCUT2D eigenvalue weighted by Crippen LogP contribution is -2.41. The van der Waals surface area contributed by atoms with Gasteiger partial charge in [0.2, 0.25) is 0 Å². The highest BCUT2D eigenvalue weighted by Crippen LogP contribution is 2.37. The van der Waals surface area contributed by atoms with Gasteiger partial charge in [0, 0.05) is 11.5 Å². The van der Waals surface area contributed by atoms with Gasteiger partial charge >= 0.3 is 0 Å². The van der Waals surface area contributed by atoms with Crippen LogP contribution in [0.25, 0.3) is 0 Å². The van der Waals surface area contributed by atoms with Crippen molar-refractivity contribution < 1.29 is 0 Å². The molecule has 0 spiro atoms. The molecule has 0 bridgehead atoms. The Morgan fingerprint density at radius 2 is 1.79 bits per heavy atom. The summed E-state index contributed by atoms with van der Waals surface area (Å²) < 4.78 is 1.10. The maximum absolute atomic E-state index is 5.55. The number of hydrogen-bond acceptors (Lipinski definition) is 1. The maximum atomic E-state index is 5.55. The molecular formula is C20H21BrN2S. The van der Waals surface area contributed by atoms with E-state index >= 15 is 0 Å². The van der Waals surface area contributed by atoms with E-state index in [0.717, 1.165) is 16.1 Å². The summed E-state index contributed by atoms with van der Waals surface area (Å²) in [4.78, 5) is 2.13. The number of benzene rings is 2. The van der Waals surface area contributed by atoms with E-state index in [1.807, 2.05) is 0 Å². The SMILES string of the molecule is CN1CC(c2cccc(Br)c2)(c2ccc3c(c2)CCCC3)NC1=S. The third-order valence-electron chi connectivity index (χ3n) is 5.30. The number of fused-ring (bicyclic) bond motifs is 1. The van der Waals surface area contributed by atoms with Gasteiger partial charge in [-0.1, -0.05) is 46.3 Å². The summed E-state index contributed by atoms with van der Waals surface area (Å²) in [6.07, 6.45) is 5.02. The second kappa shape index (κ2) is 6.16. The van der Waals surface area contributed by atoms with Crippen LogP contribution in [0.5, 0.6) is 0 Å². The lowest BCUT2D eigenvalue weighted by Gasteiger charge is -2.32. The van der Waals surface area contributed by atoms with Crippen molar-refractivity contribution in [3.63, 3.8) is 0 Å². The van der Waals surface area contributed by atoms with Crippen LogP contribution in [0.3, 0.4) is 0 Å². The van der Waals surface area contributed by atoms with Crippen LogP contribution in [-0.4, -0.2) is 23.6 Å². The summed E-state index contributed by atoms with van der Waals surface area (Å²) in [6.45, 7) is 0.848. The van der Waals surface area contributed by atoms with Gasteiger partial charge < -0.3 is 10.2 Å². The highest BCUT2D eigenvalue weighted by Gasteiger charge is 2.42. The first-order valence-corrected chi connectivity index (χ1v) is 9.70. The Labute approximate surface area is 157 Å². The van der Waals surface area contributed by atoms with E-state index < -0.39 is 0 Å². The first kappa shape index (κ1) is 16.1. The topological polar surface area (TPSA) is 15.3 Å². The van der Waals surface area contributed by atoms with Crippen molar-refractivity contribution in [2.24, 2.45) is 0 Å². The van der Waals surface area contributed by atoms with Crippen molar-refractivity contribution in [3.8, 4) is 0 Å². The largest absolute Gasteiger partial charge is 0.349 e. The van der Waals surface area contributed by atoms with E-state index in [1.54, 1.807) is 0 Å². The first-order valence-electron chi connectivity index (χ1n) is 8.50. The second-order valence-corrected chi connectivity index (χ2v) is 8.19. The van der Waals surface area contributed by atoms with Crippen LogP contribution in [0.2, 0.25) is 0 Å². The van der Waals surface area contributed by atoms with Crippen LogP contribution in [0, 0.1) is 0 Å². The van der Waals surface area contributed by atoms with Crippen molar-refractivity contribution in [3.05, 3.63) is 69.2 Å². The van der Waals surface area contributed by atoms with Gasteiger partial charge in [-0.15, -0.1) is 0 Å². The minimum absolute atomic E-state index is 0.276. The van der Waals surface area contributed by atoms with Crippen molar-refractivity contribution in [1.82, 2.24) is 10.2 Å². The number of halogens is 1. The van der Waals surface area contributed by atoms with Crippen LogP contribution < -0.4 is 5.32 Å². The number of nitrogens with one attached hydrogen (secondary N) is 1. The Kier molecular flexibility index (Phi) is 4.13. The van der Waals surface area contributed by atoms with Crippen LogP contribution in [-0.2, 0) is 18.4 Å². The number of thiocarbonyl (C=S) groups is 1. The van der Waals surface area contributed by atoms with E-state index in [1.165, 1.54) is 47.9 Å². The third kappa shape index (κ3) is 2.66. The molecule has 4 rings (SSSR count). The fraction of sp³-hybridized carbons (Fsp3) is 0.350. The Bertz CT molecular complexity index is 804. The van der Waals surface area contributed by atoms with E-state index in [-0.39, 0.29) is 5.54 Å². The summed E-state index contributed by atoms with van der Waals surface area (Å²) >= 11 is 9.17. The number of nitrogens with zero attached hydrogens (tertiary/aromatic N) is 1. The van der Waals surface area contributed by atoms with Crippen LogP contribution in [0.1, 0.15) is 35.1 Å². The molecule has 0 aromatic heterocycles. The molecular weight excluding hydrogens is 380 g/mol. The standard InChI is InChI=1S/C20H21BrN2S/c1-23-13-20(22-19(23)24,16-7-4-8-18(21)12-16)17-10-9-14-5-2-3-6-15(14)11-17/h4,7-12H,2-3,5-6,13H2,1H3,(H,22,24). The number of likely N-dealkylation sites (N-methyl/N-ethyl adjacent to an activating group) is 1. The van der Waals surface area contributed by atoms with Crippen molar-refractivity contribution >= 4 is 33.3 Å². The Balaban J connectivity index is 1.86. The van der Waals surface area contributed by atoms with Crippen molar-refractivity contribution in [1.29, 1.82) is 0 Å². The molecule has 2 aromatic rings. The molecule has 0 amide bonds. The molecule has 1 unspecified atom stereocenters. The van der Waals surface area contributed by atoms with Gasteiger partial charge in [-0.05, 0) is 72.3 Å². The van der Waals surface area contributed by atoms with Gasteiger partial charge in [-0.3, -0.25) is 0 Å². The number of hydrogen-bond donors (Lipinski definition) is 1. The number of rotatable bonds is 2. The average Bonchev–Trinajstić information content (AvgIpc) is 2.91. The smallest absolute Gasteiger partial charge is 0.169 e. The fourth-order valence-corrected chi connectivity index (χ4v) is 4.63. The van der Waals surface area contributed by atoms with Crippen LogP contribution in [0.15, 0.2) is 46.9 Å². The normalized spacial score (nSPS) is 23.1. The van der Waals surface area contributed by atoms with Gasteiger partial charge in [-0.2, -0.15) is 0 Å². The summed E-state index contributed by atoms with van der Waals surface area (Å²) in [5, 5.41) is 4.43. The molecule has 0 saturated carbocycles. The Morgan fingerprint density at radius 3 is 2.50 bits per heavy atom. The molecule has 1 heterocycles. The van der Waals surface area contributed by atoms with Gasteiger partial charge in [0.15, 0.2) is 5.11 Å². The van der Waals surface area contributed by atoms with Crippen molar-refractivity contribution in [2.75, 3.05) is 13.6 Å². The molecule has 124 valence electrons. The molecule has 1 atom stereocenters. The van der Waals surface area contributed by atoms with Gasteiger partial charge in [0.25, 0.3) is 0 Å². The molecule has 1 N–H and O–H groups in total. The van der Waals surface area contributed by atoms with E-state index in [2.05, 4.69) is 75.7 Å². The molecule has 2 aromatic carbocycles. The third-order valence-corrected chi connectivity index (χ3v) is 6.21. The Morgan fingerprint density at radius 1 is 1.04 bits per heavy atom. The highest BCUT2D eigenvalue weighted by molar-refractivity contribution is 9.10.